The third-order valence-electron chi connectivity index (χ3n) is 2.90. The number of hydrogen-bond donors (Lipinski definition) is 0. The minimum Gasteiger partial charge on any atom is -0.468 e. The molecule has 114 valence electrons. The molecule has 1 saturated heterocycles. The van der Waals surface area contributed by atoms with E-state index in [0.29, 0.717) is 11.7 Å². The average Bonchev–Trinajstić information content (AvgIpc) is 2.99. The number of aromatic nitrogens is 4. The zero-order chi connectivity index (χ0) is 15.4. The molecule has 0 aromatic carbocycles. The first-order valence-electron chi connectivity index (χ1n) is 6.40. The van der Waals surface area contributed by atoms with Crippen molar-refractivity contribution in [3.05, 3.63) is 0 Å². The van der Waals surface area contributed by atoms with Gasteiger partial charge in [-0.3, -0.25) is 19.3 Å². The average molecular weight is 313 g/mol. The smallest absolute Gasteiger partial charge is 0.327 e. The largest absolute Gasteiger partial charge is 0.468 e. The second-order valence-corrected chi connectivity index (χ2v) is 5.56. The van der Waals surface area contributed by atoms with E-state index < -0.39 is 11.2 Å². The first-order chi connectivity index (χ1) is 10.1. The number of carbonyl (C=O) groups is 3. The van der Waals surface area contributed by atoms with Crippen LogP contribution in [-0.2, 0) is 25.7 Å². The molecule has 1 aromatic heterocycles. The Labute approximate surface area is 125 Å². The zero-order valence-corrected chi connectivity index (χ0v) is 12.5. The predicted molar refractivity (Wildman–Crippen MR) is 71.1 cm³/mol. The van der Waals surface area contributed by atoms with Crippen LogP contribution < -0.4 is 0 Å². The molecule has 10 heteroatoms. The number of ether oxygens (including phenoxy) is 1. The van der Waals surface area contributed by atoms with Crippen LogP contribution in [0.1, 0.15) is 19.8 Å². The van der Waals surface area contributed by atoms with Crippen molar-refractivity contribution in [2.24, 2.45) is 0 Å². The molecule has 2 heterocycles. The molecule has 2 rings (SSSR count). The number of tetrazole rings is 1. The molecule has 1 unspecified atom stereocenters. The van der Waals surface area contributed by atoms with Gasteiger partial charge in [0.1, 0.15) is 11.8 Å². The second kappa shape index (κ2) is 6.66. The van der Waals surface area contributed by atoms with Crippen molar-refractivity contribution >= 4 is 29.5 Å². The van der Waals surface area contributed by atoms with Gasteiger partial charge in [-0.25, -0.2) is 4.68 Å². The molecule has 0 bridgehead atoms. The van der Waals surface area contributed by atoms with Gasteiger partial charge in [-0.15, -0.1) is 5.10 Å². The van der Waals surface area contributed by atoms with Crippen LogP contribution in [0.15, 0.2) is 5.16 Å². The first-order valence-corrected chi connectivity index (χ1v) is 7.28. The number of hydrogen-bond acceptors (Lipinski definition) is 8. The van der Waals surface area contributed by atoms with Gasteiger partial charge in [0.25, 0.3) is 0 Å². The molecule has 1 aliphatic rings. The lowest BCUT2D eigenvalue weighted by molar-refractivity contribution is -0.142. The Morgan fingerprint density at radius 1 is 1.48 bits per heavy atom. The van der Waals surface area contributed by atoms with Gasteiger partial charge in [-0.2, -0.15) is 0 Å². The topological polar surface area (TPSA) is 107 Å². The van der Waals surface area contributed by atoms with Gasteiger partial charge in [0.2, 0.25) is 17.0 Å². The highest BCUT2D eigenvalue weighted by molar-refractivity contribution is 8.00. The molecule has 9 nitrogen and oxygen atoms in total. The van der Waals surface area contributed by atoms with Crippen molar-refractivity contribution in [2.45, 2.75) is 36.7 Å². The molecule has 2 amide bonds. The van der Waals surface area contributed by atoms with Gasteiger partial charge >= 0.3 is 5.97 Å². The Morgan fingerprint density at radius 2 is 2.24 bits per heavy atom. The van der Waals surface area contributed by atoms with E-state index in [1.165, 1.54) is 16.7 Å². The SMILES string of the molecule is CCCN1C(=O)CC(Sc2nnnn2CC(=O)OC)C1=O. The summed E-state index contributed by atoms with van der Waals surface area (Å²) in [6.07, 6.45) is 0.837. The number of amides is 2. The summed E-state index contributed by atoms with van der Waals surface area (Å²) in [4.78, 5) is 36.4. The van der Waals surface area contributed by atoms with Crippen LogP contribution in [0, 0.1) is 0 Å². The van der Waals surface area contributed by atoms with Gasteiger partial charge in [-0.05, 0) is 16.8 Å². The summed E-state index contributed by atoms with van der Waals surface area (Å²) < 4.78 is 5.79. The summed E-state index contributed by atoms with van der Waals surface area (Å²) in [6, 6.07) is 0. The van der Waals surface area contributed by atoms with E-state index in [4.69, 9.17) is 0 Å². The van der Waals surface area contributed by atoms with Crippen molar-refractivity contribution in [1.82, 2.24) is 25.1 Å². The lowest BCUT2D eigenvalue weighted by Gasteiger charge is -2.12. The number of imide groups is 1. The molecular weight excluding hydrogens is 298 g/mol. The van der Waals surface area contributed by atoms with E-state index in [1.54, 1.807) is 0 Å². The summed E-state index contributed by atoms with van der Waals surface area (Å²) in [7, 11) is 1.27. The molecule has 0 spiro atoms. The summed E-state index contributed by atoms with van der Waals surface area (Å²) in [5.41, 5.74) is 0. The normalized spacial score (nSPS) is 18.4. The maximum Gasteiger partial charge on any atom is 0.327 e. The van der Waals surface area contributed by atoms with Crippen molar-refractivity contribution in [3.63, 3.8) is 0 Å². The highest BCUT2D eigenvalue weighted by Crippen LogP contribution is 2.29. The zero-order valence-electron chi connectivity index (χ0n) is 11.7. The fourth-order valence-corrected chi connectivity index (χ4v) is 2.91. The molecule has 1 aliphatic heterocycles. The molecule has 1 atom stereocenters. The maximum atomic E-state index is 12.1. The van der Waals surface area contributed by atoms with Crippen molar-refractivity contribution in [2.75, 3.05) is 13.7 Å². The van der Waals surface area contributed by atoms with Gasteiger partial charge in [0, 0.05) is 13.0 Å². The van der Waals surface area contributed by atoms with E-state index in [-0.39, 0.29) is 24.8 Å². The molecule has 0 radical (unpaired) electrons. The quantitative estimate of drug-likeness (QED) is 0.510. The lowest BCUT2D eigenvalue weighted by atomic mass is 10.4. The van der Waals surface area contributed by atoms with Crippen molar-refractivity contribution < 1.29 is 19.1 Å². The van der Waals surface area contributed by atoms with Crippen molar-refractivity contribution in [1.29, 1.82) is 0 Å². The van der Waals surface area contributed by atoms with E-state index >= 15 is 0 Å². The minimum atomic E-state index is -0.550. The fraction of sp³-hybridized carbons (Fsp3) is 0.636. The third kappa shape index (κ3) is 3.38. The number of carbonyl (C=O) groups excluding carboxylic acids is 3. The first kappa shape index (κ1) is 15.4. The molecule has 21 heavy (non-hydrogen) atoms. The number of nitrogens with zero attached hydrogens (tertiary/aromatic N) is 5. The standard InChI is InChI=1S/C11H15N5O4S/c1-3-4-15-8(17)5-7(10(15)19)21-11-12-13-14-16(11)6-9(18)20-2/h7H,3-6H2,1-2H3. The molecular formula is C11H15N5O4S. The monoisotopic (exact) mass is 313 g/mol. The molecule has 1 aromatic rings. The molecule has 0 saturated carbocycles. The van der Waals surface area contributed by atoms with Gasteiger partial charge in [-0.1, -0.05) is 18.7 Å². The highest BCUT2D eigenvalue weighted by Gasteiger charge is 2.39. The van der Waals surface area contributed by atoms with Crippen LogP contribution in [0.5, 0.6) is 0 Å². The Balaban J connectivity index is 2.06. The van der Waals surface area contributed by atoms with Gasteiger partial charge in [0.15, 0.2) is 0 Å². The summed E-state index contributed by atoms with van der Waals surface area (Å²) >= 11 is 1.09. The number of rotatable bonds is 6. The van der Waals surface area contributed by atoms with Crippen LogP contribution in [0.25, 0.3) is 0 Å². The summed E-state index contributed by atoms with van der Waals surface area (Å²) in [6.45, 7) is 2.18. The second-order valence-electron chi connectivity index (χ2n) is 4.39. The molecule has 0 N–H and O–H groups in total. The van der Waals surface area contributed by atoms with E-state index in [9.17, 15) is 14.4 Å². The van der Waals surface area contributed by atoms with Gasteiger partial charge in [0.05, 0.1) is 7.11 Å². The Hall–Kier alpha value is -1.97. The Bertz CT molecular complexity index is 561. The molecule has 1 fully saturated rings. The van der Waals surface area contributed by atoms with Crippen LogP contribution in [0.2, 0.25) is 0 Å². The predicted octanol–water partition coefficient (Wildman–Crippen LogP) is -0.524. The van der Waals surface area contributed by atoms with E-state index in [0.717, 1.165) is 18.2 Å². The van der Waals surface area contributed by atoms with E-state index in [2.05, 4.69) is 20.3 Å². The van der Waals surface area contributed by atoms with Crippen LogP contribution in [0.4, 0.5) is 0 Å². The van der Waals surface area contributed by atoms with E-state index in [1.807, 2.05) is 6.92 Å². The fourth-order valence-electron chi connectivity index (χ4n) is 1.90. The lowest BCUT2D eigenvalue weighted by Crippen LogP contribution is -2.32. The summed E-state index contributed by atoms with van der Waals surface area (Å²) in [5.74, 6) is -0.920. The summed E-state index contributed by atoms with van der Waals surface area (Å²) in [5, 5.41) is 10.7. The highest BCUT2D eigenvalue weighted by atomic mass is 32.2. The molecule has 0 aliphatic carbocycles. The minimum absolute atomic E-state index is 0.120. The van der Waals surface area contributed by atoms with Crippen LogP contribution in [-0.4, -0.2) is 61.8 Å². The number of thioether (sulfide) groups is 1. The van der Waals surface area contributed by atoms with Crippen LogP contribution in [0.3, 0.4) is 0 Å². The Kier molecular flexibility index (Phi) is 4.89. The Morgan fingerprint density at radius 3 is 2.90 bits per heavy atom. The maximum absolute atomic E-state index is 12.1. The number of likely N-dealkylation sites (tertiary alicyclic amines) is 1. The van der Waals surface area contributed by atoms with Gasteiger partial charge < -0.3 is 4.74 Å². The van der Waals surface area contributed by atoms with Crippen LogP contribution >= 0.6 is 11.8 Å². The van der Waals surface area contributed by atoms with Crippen molar-refractivity contribution in [3.8, 4) is 0 Å². The number of esters is 1. The third-order valence-corrected chi connectivity index (χ3v) is 4.06. The number of methoxy groups -OCH3 is 1.